The summed E-state index contributed by atoms with van der Waals surface area (Å²) in [6.07, 6.45) is 0.896. The van der Waals surface area contributed by atoms with Crippen LogP contribution in [-0.4, -0.2) is 41.8 Å². The largest absolute Gasteiger partial charge is 0.465 e. The summed E-state index contributed by atoms with van der Waals surface area (Å²) in [5.74, 6) is -2.12. The Balaban J connectivity index is 2.88. The summed E-state index contributed by atoms with van der Waals surface area (Å²) in [6.45, 7) is 8.90. The molecule has 1 rings (SSSR count). The fraction of sp³-hybridized carbons (Fsp3) is 0.556. The first kappa shape index (κ1) is 21.4. The Labute approximate surface area is 153 Å². The van der Waals surface area contributed by atoms with E-state index in [1.165, 1.54) is 6.20 Å². The second-order valence-corrected chi connectivity index (χ2v) is 6.44. The number of hydrogen-bond donors (Lipinski definition) is 1. The fourth-order valence-corrected chi connectivity index (χ4v) is 2.06. The van der Waals surface area contributed by atoms with Gasteiger partial charge in [-0.3, -0.25) is 14.9 Å². The van der Waals surface area contributed by atoms with Gasteiger partial charge >= 0.3 is 18.0 Å². The molecule has 0 aliphatic heterocycles. The first-order valence-electron chi connectivity index (χ1n) is 8.44. The summed E-state index contributed by atoms with van der Waals surface area (Å²) in [6, 6.07) is 3.21. The summed E-state index contributed by atoms with van der Waals surface area (Å²) in [4.78, 5) is 40.0. The maximum Gasteiger partial charge on any atom is 0.413 e. The van der Waals surface area contributed by atoms with Crippen molar-refractivity contribution in [1.29, 1.82) is 0 Å². The minimum atomic E-state index is -1.08. The highest BCUT2D eigenvalue weighted by atomic mass is 16.6. The van der Waals surface area contributed by atoms with E-state index in [0.717, 1.165) is 0 Å². The first-order valence-corrected chi connectivity index (χ1v) is 8.44. The molecule has 0 saturated carbocycles. The molecule has 0 bridgehead atoms. The van der Waals surface area contributed by atoms with E-state index in [2.05, 4.69) is 10.3 Å². The van der Waals surface area contributed by atoms with Crippen molar-refractivity contribution in [2.45, 2.75) is 46.6 Å². The lowest BCUT2D eigenvalue weighted by atomic mass is 10.00. The van der Waals surface area contributed by atoms with Crippen LogP contribution in [-0.2, 0) is 30.2 Å². The van der Waals surface area contributed by atoms with Gasteiger partial charge in [0.15, 0.2) is 5.92 Å². The number of hydrogen-bond acceptors (Lipinski definition) is 7. The van der Waals surface area contributed by atoms with Crippen LogP contribution in [0.1, 0.15) is 40.2 Å². The number of carbonyl (C=O) groups is 3. The van der Waals surface area contributed by atoms with Gasteiger partial charge in [0, 0.05) is 6.20 Å². The van der Waals surface area contributed by atoms with Crippen LogP contribution in [0.15, 0.2) is 18.3 Å². The van der Waals surface area contributed by atoms with Crippen LogP contribution < -0.4 is 5.32 Å². The van der Waals surface area contributed by atoms with E-state index in [1.807, 2.05) is 0 Å². The zero-order chi connectivity index (χ0) is 19.7. The van der Waals surface area contributed by atoms with Crippen LogP contribution in [0.5, 0.6) is 0 Å². The lowest BCUT2D eigenvalue weighted by Gasteiger charge is -2.19. The van der Waals surface area contributed by atoms with Gasteiger partial charge in [0.25, 0.3) is 0 Å². The molecule has 1 N–H and O–H groups in total. The highest BCUT2D eigenvalue weighted by Gasteiger charge is 2.30. The van der Waals surface area contributed by atoms with E-state index in [9.17, 15) is 14.4 Å². The first-order chi connectivity index (χ1) is 12.2. The molecule has 0 fully saturated rings. The molecular formula is C18H26N2O6. The number of nitrogens with zero attached hydrogens (tertiary/aromatic N) is 1. The maximum atomic E-state index is 12.1. The van der Waals surface area contributed by atoms with Crippen molar-refractivity contribution in [3.8, 4) is 0 Å². The van der Waals surface area contributed by atoms with Crippen molar-refractivity contribution < 1.29 is 28.6 Å². The Morgan fingerprint density at radius 3 is 2.19 bits per heavy atom. The van der Waals surface area contributed by atoms with Crippen molar-refractivity contribution in [2.24, 2.45) is 5.92 Å². The lowest BCUT2D eigenvalue weighted by molar-refractivity contribution is -0.161. The number of anilines is 1. The molecule has 144 valence electrons. The van der Waals surface area contributed by atoms with E-state index in [0.29, 0.717) is 5.56 Å². The number of nitrogens with one attached hydrogen (secondary N) is 1. The Morgan fingerprint density at radius 1 is 1.12 bits per heavy atom. The number of carbonyl (C=O) groups excluding carboxylic acids is 3. The average molecular weight is 366 g/mol. The number of rotatable bonds is 7. The molecular weight excluding hydrogens is 340 g/mol. The van der Waals surface area contributed by atoms with Crippen LogP contribution in [0.2, 0.25) is 0 Å². The van der Waals surface area contributed by atoms with Crippen molar-refractivity contribution in [3.63, 3.8) is 0 Å². The van der Waals surface area contributed by atoms with Gasteiger partial charge in [0.05, 0.1) is 13.2 Å². The second-order valence-electron chi connectivity index (χ2n) is 6.44. The normalized spacial score (nSPS) is 11.0. The monoisotopic (exact) mass is 366 g/mol. The van der Waals surface area contributed by atoms with Crippen LogP contribution >= 0.6 is 0 Å². The smallest absolute Gasteiger partial charge is 0.413 e. The third-order valence-corrected chi connectivity index (χ3v) is 3.04. The molecule has 1 aromatic rings. The van der Waals surface area contributed by atoms with Gasteiger partial charge in [-0.1, -0.05) is 0 Å². The predicted octanol–water partition coefficient (Wildman–Crippen LogP) is 2.71. The van der Waals surface area contributed by atoms with Gasteiger partial charge in [-0.15, -0.1) is 0 Å². The van der Waals surface area contributed by atoms with Crippen LogP contribution in [0, 0.1) is 5.92 Å². The second kappa shape index (κ2) is 9.74. The van der Waals surface area contributed by atoms with Crippen molar-refractivity contribution in [2.75, 3.05) is 18.5 Å². The third kappa shape index (κ3) is 7.50. The summed E-state index contributed by atoms with van der Waals surface area (Å²) < 4.78 is 15.1. The molecule has 0 atom stereocenters. The van der Waals surface area contributed by atoms with Crippen LogP contribution in [0.25, 0.3) is 0 Å². The molecule has 8 heteroatoms. The number of esters is 2. The number of ether oxygens (including phenoxy) is 3. The summed E-state index contributed by atoms with van der Waals surface area (Å²) in [7, 11) is 0. The molecule has 1 heterocycles. The highest BCUT2D eigenvalue weighted by molar-refractivity contribution is 5.95. The van der Waals surface area contributed by atoms with E-state index < -0.39 is 29.6 Å². The van der Waals surface area contributed by atoms with Crippen molar-refractivity contribution in [1.82, 2.24) is 4.98 Å². The van der Waals surface area contributed by atoms with Gasteiger partial charge < -0.3 is 14.2 Å². The quantitative estimate of drug-likeness (QED) is 0.449. The van der Waals surface area contributed by atoms with E-state index in [1.54, 1.807) is 46.8 Å². The summed E-state index contributed by atoms with van der Waals surface area (Å²) >= 11 is 0. The molecule has 0 spiro atoms. The van der Waals surface area contributed by atoms with Gasteiger partial charge in [0.1, 0.15) is 11.4 Å². The SMILES string of the molecule is CCOC(=O)C(Cc1ccnc(NC(=O)OC(C)(C)C)c1)C(=O)OCC. The minimum Gasteiger partial charge on any atom is -0.465 e. The molecule has 8 nitrogen and oxygen atoms in total. The molecule has 1 amide bonds. The van der Waals surface area contributed by atoms with E-state index >= 15 is 0 Å². The zero-order valence-electron chi connectivity index (χ0n) is 15.8. The standard InChI is InChI=1S/C18H26N2O6/c1-6-24-15(21)13(16(22)25-7-2)10-12-8-9-19-14(11-12)20-17(23)26-18(3,4)5/h8-9,11,13H,6-7,10H2,1-5H3,(H,19,20,23). The third-order valence-electron chi connectivity index (χ3n) is 3.04. The molecule has 1 aromatic heterocycles. The summed E-state index contributed by atoms with van der Waals surface area (Å²) in [5.41, 5.74) is -0.0159. The average Bonchev–Trinajstić information content (AvgIpc) is 2.51. The van der Waals surface area contributed by atoms with Gasteiger partial charge in [-0.05, 0) is 58.7 Å². The Hall–Kier alpha value is -2.64. The number of pyridine rings is 1. The molecule has 26 heavy (non-hydrogen) atoms. The Kier molecular flexibility index (Phi) is 8.02. The predicted molar refractivity (Wildman–Crippen MR) is 94.6 cm³/mol. The van der Waals surface area contributed by atoms with Crippen LogP contribution in [0.3, 0.4) is 0 Å². The number of amides is 1. The van der Waals surface area contributed by atoms with Gasteiger partial charge in [0.2, 0.25) is 0 Å². The Bertz CT molecular complexity index is 621. The molecule has 0 aliphatic rings. The van der Waals surface area contributed by atoms with Gasteiger partial charge in [-0.25, -0.2) is 9.78 Å². The fourth-order valence-electron chi connectivity index (χ4n) is 2.06. The Morgan fingerprint density at radius 2 is 1.69 bits per heavy atom. The maximum absolute atomic E-state index is 12.1. The van der Waals surface area contributed by atoms with Crippen molar-refractivity contribution in [3.05, 3.63) is 23.9 Å². The van der Waals surface area contributed by atoms with E-state index in [-0.39, 0.29) is 25.5 Å². The summed E-state index contributed by atoms with van der Waals surface area (Å²) in [5, 5.41) is 2.52. The van der Waals surface area contributed by atoms with E-state index in [4.69, 9.17) is 14.2 Å². The van der Waals surface area contributed by atoms with Gasteiger partial charge in [-0.2, -0.15) is 0 Å². The lowest BCUT2D eigenvalue weighted by Crippen LogP contribution is -2.30. The molecule has 0 aromatic carbocycles. The molecule has 0 radical (unpaired) electrons. The highest BCUT2D eigenvalue weighted by Crippen LogP contribution is 2.16. The molecule has 0 unspecified atom stereocenters. The zero-order valence-corrected chi connectivity index (χ0v) is 15.8. The topological polar surface area (TPSA) is 104 Å². The minimum absolute atomic E-state index is 0.0726. The van der Waals surface area contributed by atoms with Crippen molar-refractivity contribution >= 4 is 23.8 Å². The molecule has 0 saturated heterocycles. The molecule has 0 aliphatic carbocycles. The number of aromatic nitrogens is 1. The van der Waals surface area contributed by atoms with Crippen LogP contribution in [0.4, 0.5) is 10.6 Å².